The van der Waals surface area contributed by atoms with Gasteiger partial charge in [-0.3, -0.25) is 15.0 Å². The lowest BCUT2D eigenvalue weighted by Crippen LogP contribution is -2.41. The molecular weight excluding hydrogens is 406 g/mol. The fourth-order valence-electron chi connectivity index (χ4n) is 3.55. The van der Waals surface area contributed by atoms with Gasteiger partial charge in [-0.1, -0.05) is 42.5 Å². The Bertz CT molecular complexity index is 836. The maximum atomic E-state index is 10.8. The molecule has 2 aromatic carbocycles. The number of hydrogen-bond acceptors (Lipinski definition) is 5. The van der Waals surface area contributed by atoms with Crippen molar-refractivity contribution < 1.29 is 9.66 Å². The molecule has 3 rings (SSSR count). The van der Waals surface area contributed by atoms with E-state index < -0.39 is 0 Å². The molecule has 0 amide bonds. The molecule has 1 aliphatic rings. The van der Waals surface area contributed by atoms with Gasteiger partial charge in [0.2, 0.25) is 0 Å². The molecule has 8 heteroatoms. The Hall–Kier alpha value is -2.97. The van der Waals surface area contributed by atoms with Crippen molar-refractivity contribution in [2.45, 2.75) is 25.8 Å². The van der Waals surface area contributed by atoms with Gasteiger partial charge in [-0.2, -0.15) is 0 Å². The summed E-state index contributed by atoms with van der Waals surface area (Å²) < 4.78 is 5.40. The molecule has 1 heterocycles. The lowest BCUT2D eigenvalue weighted by Gasteiger charge is -2.26. The number of hydrogen-bond donors (Lipinski definition) is 2. The number of non-ortho nitro benzene ring substituents is 1. The standard InChI is InChI=1S/C24H33N5O3/c30-29(31)23-11-9-22(10-12-23)20-27-24(25-13-4-8-21-6-2-1-3-7-21)26-14-5-15-28-16-18-32-19-17-28/h1-3,6-7,9-12H,4-5,8,13-20H2,(H2,25,26,27). The molecule has 2 aromatic rings. The Morgan fingerprint density at radius 1 is 0.969 bits per heavy atom. The summed E-state index contributed by atoms with van der Waals surface area (Å²) in [6.45, 7) is 6.80. The van der Waals surface area contributed by atoms with Gasteiger partial charge in [0.15, 0.2) is 5.96 Å². The fourth-order valence-corrected chi connectivity index (χ4v) is 3.55. The third-order valence-corrected chi connectivity index (χ3v) is 5.39. The minimum Gasteiger partial charge on any atom is -0.379 e. The maximum Gasteiger partial charge on any atom is 0.269 e. The van der Waals surface area contributed by atoms with E-state index in [1.54, 1.807) is 12.1 Å². The number of benzene rings is 2. The van der Waals surface area contributed by atoms with E-state index in [9.17, 15) is 10.1 Å². The van der Waals surface area contributed by atoms with Crippen molar-refractivity contribution >= 4 is 11.6 Å². The lowest BCUT2D eigenvalue weighted by atomic mass is 10.1. The molecule has 0 aromatic heterocycles. The van der Waals surface area contributed by atoms with Crippen molar-refractivity contribution in [2.24, 2.45) is 4.99 Å². The molecule has 0 saturated carbocycles. The number of morpholine rings is 1. The average Bonchev–Trinajstić information content (AvgIpc) is 2.84. The second kappa shape index (κ2) is 13.4. The van der Waals surface area contributed by atoms with Crippen LogP contribution < -0.4 is 10.6 Å². The highest BCUT2D eigenvalue weighted by Gasteiger charge is 2.09. The van der Waals surface area contributed by atoms with Crippen LogP contribution in [0.3, 0.4) is 0 Å². The molecular formula is C24H33N5O3. The van der Waals surface area contributed by atoms with E-state index in [0.717, 1.165) is 76.7 Å². The quantitative estimate of drug-likeness (QED) is 0.184. The van der Waals surface area contributed by atoms with E-state index in [1.165, 1.54) is 17.7 Å². The van der Waals surface area contributed by atoms with Crippen LogP contribution in [-0.4, -0.2) is 61.7 Å². The predicted molar refractivity (Wildman–Crippen MR) is 127 cm³/mol. The number of nitro groups is 1. The molecule has 0 atom stereocenters. The highest BCUT2D eigenvalue weighted by atomic mass is 16.6. The van der Waals surface area contributed by atoms with Crippen LogP contribution in [0.2, 0.25) is 0 Å². The summed E-state index contributed by atoms with van der Waals surface area (Å²) in [5.41, 5.74) is 2.37. The van der Waals surface area contributed by atoms with Crippen molar-refractivity contribution in [3.8, 4) is 0 Å². The molecule has 1 aliphatic heterocycles. The van der Waals surface area contributed by atoms with Crippen LogP contribution in [0, 0.1) is 10.1 Å². The molecule has 1 fully saturated rings. The summed E-state index contributed by atoms with van der Waals surface area (Å²) in [7, 11) is 0. The molecule has 8 nitrogen and oxygen atoms in total. The van der Waals surface area contributed by atoms with Gasteiger partial charge in [0, 0.05) is 38.3 Å². The van der Waals surface area contributed by atoms with E-state index >= 15 is 0 Å². The average molecular weight is 440 g/mol. The van der Waals surface area contributed by atoms with Gasteiger partial charge in [0.1, 0.15) is 0 Å². The van der Waals surface area contributed by atoms with Gasteiger partial charge in [-0.15, -0.1) is 0 Å². The summed E-state index contributed by atoms with van der Waals surface area (Å²) in [4.78, 5) is 17.6. The largest absolute Gasteiger partial charge is 0.379 e. The summed E-state index contributed by atoms with van der Waals surface area (Å²) in [5.74, 6) is 0.776. The van der Waals surface area contributed by atoms with Gasteiger partial charge in [-0.25, -0.2) is 4.99 Å². The number of ether oxygens (including phenoxy) is 1. The van der Waals surface area contributed by atoms with Crippen LogP contribution in [0.15, 0.2) is 59.6 Å². The Morgan fingerprint density at radius 3 is 2.34 bits per heavy atom. The molecule has 32 heavy (non-hydrogen) atoms. The molecule has 0 bridgehead atoms. The number of nitro benzene ring substituents is 1. The topological polar surface area (TPSA) is 92.0 Å². The molecule has 1 saturated heterocycles. The molecule has 0 aliphatic carbocycles. The third-order valence-electron chi connectivity index (χ3n) is 5.39. The number of rotatable bonds is 11. The smallest absolute Gasteiger partial charge is 0.269 e. The third kappa shape index (κ3) is 8.64. The van der Waals surface area contributed by atoms with Crippen LogP contribution in [0.25, 0.3) is 0 Å². The van der Waals surface area contributed by atoms with Crippen molar-refractivity contribution in [3.05, 3.63) is 75.8 Å². The first kappa shape index (κ1) is 23.7. The lowest BCUT2D eigenvalue weighted by molar-refractivity contribution is -0.384. The van der Waals surface area contributed by atoms with Crippen LogP contribution >= 0.6 is 0 Å². The van der Waals surface area contributed by atoms with Gasteiger partial charge in [0.25, 0.3) is 5.69 Å². The summed E-state index contributed by atoms with van der Waals surface area (Å²) in [6, 6.07) is 17.0. The van der Waals surface area contributed by atoms with E-state index in [1.807, 2.05) is 6.07 Å². The minimum atomic E-state index is -0.386. The Labute approximate surface area is 189 Å². The Kier molecular flexibility index (Phi) is 9.95. The van der Waals surface area contributed by atoms with Gasteiger partial charge < -0.3 is 15.4 Å². The van der Waals surface area contributed by atoms with E-state index in [2.05, 4.69) is 44.8 Å². The Balaban J connectivity index is 1.47. The number of aliphatic imine (C=N–C) groups is 1. The van der Waals surface area contributed by atoms with Gasteiger partial charge >= 0.3 is 0 Å². The molecule has 172 valence electrons. The second-order valence-corrected chi connectivity index (χ2v) is 7.84. The number of nitrogens with zero attached hydrogens (tertiary/aromatic N) is 3. The van der Waals surface area contributed by atoms with E-state index in [4.69, 9.17) is 4.74 Å². The zero-order valence-corrected chi connectivity index (χ0v) is 18.5. The SMILES string of the molecule is O=[N+]([O-])c1ccc(CN=C(NCCCc2ccccc2)NCCCN2CCOCC2)cc1. The molecule has 0 spiro atoms. The summed E-state index contributed by atoms with van der Waals surface area (Å²) in [5, 5.41) is 17.7. The van der Waals surface area contributed by atoms with Crippen LogP contribution in [-0.2, 0) is 17.7 Å². The predicted octanol–water partition coefficient (Wildman–Crippen LogP) is 2.99. The molecule has 2 N–H and O–H groups in total. The Morgan fingerprint density at radius 2 is 1.66 bits per heavy atom. The van der Waals surface area contributed by atoms with Crippen molar-refractivity contribution in [2.75, 3.05) is 45.9 Å². The van der Waals surface area contributed by atoms with Crippen LogP contribution in [0.1, 0.15) is 24.0 Å². The van der Waals surface area contributed by atoms with Crippen molar-refractivity contribution in [3.63, 3.8) is 0 Å². The summed E-state index contributed by atoms with van der Waals surface area (Å²) >= 11 is 0. The summed E-state index contributed by atoms with van der Waals surface area (Å²) in [6.07, 6.45) is 3.05. The van der Waals surface area contributed by atoms with Gasteiger partial charge in [-0.05, 0) is 36.9 Å². The normalized spacial score (nSPS) is 14.8. The number of aryl methyl sites for hydroxylation is 1. The van der Waals surface area contributed by atoms with Crippen LogP contribution in [0.4, 0.5) is 5.69 Å². The zero-order chi connectivity index (χ0) is 22.4. The first-order valence-electron chi connectivity index (χ1n) is 11.3. The fraction of sp³-hybridized carbons (Fsp3) is 0.458. The van der Waals surface area contributed by atoms with Crippen molar-refractivity contribution in [1.29, 1.82) is 0 Å². The number of guanidine groups is 1. The number of nitrogens with one attached hydrogen (secondary N) is 2. The molecule has 0 unspecified atom stereocenters. The van der Waals surface area contributed by atoms with E-state index in [-0.39, 0.29) is 10.6 Å². The highest BCUT2D eigenvalue weighted by Crippen LogP contribution is 2.12. The molecule has 0 radical (unpaired) electrons. The minimum absolute atomic E-state index is 0.0956. The van der Waals surface area contributed by atoms with E-state index in [0.29, 0.717) is 6.54 Å². The monoisotopic (exact) mass is 439 g/mol. The maximum absolute atomic E-state index is 10.8. The highest BCUT2D eigenvalue weighted by molar-refractivity contribution is 5.79. The van der Waals surface area contributed by atoms with Gasteiger partial charge in [0.05, 0.1) is 24.7 Å². The van der Waals surface area contributed by atoms with Crippen LogP contribution in [0.5, 0.6) is 0 Å². The second-order valence-electron chi connectivity index (χ2n) is 7.84. The first-order valence-corrected chi connectivity index (χ1v) is 11.3. The first-order chi connectivity index (χ1) is 15.7. The van der Waals surface area contributed by atoms with Crippen molar-refractivity contribution in [1.82, 2.24) is 15.5 Å². The zero-order valence-electron chi connectivity index (χ0n) is 18.5.